The van der Waals surface area contributed by atoms with Crippen LogP contribution in [-0.2, 0) is 11.2 Å². The maximum atomic E-state index is 12.0. The maximum Gasteiger partial charge on any atom is 0.224 e. The van der Waals surface area contributed by atoms with Gasteiger partial charge in [-0.3, -0.25) is 4.79 Å². The Bertz CT molecular complexity index is 764. The van der Waals surface area contributed by atoms with Crippen molar-refractivity contribution >= 4 is 5.91 Å². The van der Waals surface area contributed by atoms with Crippen molar-refractivity contribution < 1.29 is 14.3 Å². The minimum atomic E-state index is -0.756. The van der Waals surface area contributed by atoms with E-state index in [0.717, 1.165) is 16.7 Å². The summed E-state index contributed by atoms with van der Waals surface area (Å²) in [4.78, 5) is 12.0. The summed E-state index contributed by atoms with van der Waals surface area (Å²) in [5, 5.41) is 12.6. The molecule has 0 aliphatic carbocycles. The number of carbonyl (C=O) groups excluding carboxylic acids is 1. The number of aliphatic hydroxyl groups excluding tert-OH is 1. The van der Waals surface area contributed by atoms with Crippen LogP contribution in [0.3, 0.4) is 0 Å². The van der Waals surface area contributed by atoms with Crippen LogP contribution in [-0.4, -0.2) is 17.6 Å². The summed E-state index contributed by atoms with van der Waals surface area (Å²) >= 11 is 0. The molecule has 1 amide bonds. The van der Waals surface area contributed by atoms with E-state index in [0.29, 0.717) is 5.56 Å². The van der Waals surface area contributed by atoms with Gasteiger partial charge in [0.25, 0.3) is 0 Å². The summed E-state index contributed by atoms with van der Waals surface area (Å²) in [7, 11) is 0. The van der Waals surface area contributed by atoms with Crippen LogP contribution in [0.2, 0.25) is 0 Å². The molecule has 4 nitrogen and oxygen atoms in total. The molecule has 0 fully saturated rings. The van der Waals surface area contributed by atoms with E-state index in [1.54, 1.807) is 6.07 Å². The van der Waals surface area contributed by atoms with Crippen LogP contribution in [0.1, 0.15) is 17.2 Å². The Morgan fingerprint density at radius 1 is 1.00 bits per heavy atom. The van der Waals surface area contributed by atoms with E-state index in [4.69, 9.17) is 4.42 Å². The first kappa shape index (κ1) is 16.0. The van der Waals surface area contributed by atoms with Crippen molar-refractivity contribution in [2.45, 2.75) is 12.5 Å². The fourth-order valence-electron chi connectivity index (χ4n) is 2.49. The standard InChI is InChI=1S/C20H19NO3/c22-19(18-10-11-24-14-18)13-21-20(23)12-15-6-8-17(9-7-15)16-4-2-1-3-5-16/h1-11,14,19,22H,12-13H2,(H,21,23)/t19-/m1/s1. The highest BCUT2D eigenvalue weighted by molar-refractivity contribution is 5.78. The average molecular weight is 321 g/mol. The van der Waals surface area contributed by atoms with E-state index >= 15 is 0 Å². The predicted octanol–water partition coefficient (Wildman–Crippen LogP) is 3.34. The van der Waals surface area contributed by atoms with E-state index in [2.05, 4.69) is 17.4 Å². The summed E-state index contributed by atoms with van der Waals surface area (Å²) < 4.78 is 4.91. The number of benzene rings is 2. The van der Waals surface area contributed by atoms with Crippen molar-refractivity contribution in [3.05, 3.63) is 84.3 Å². The largest absolute Gasteiger partial charge is 0.472 e. The molecule has 0 unspecified atom stereocenters. The lowest BCUT2D eigenvalue weighted by molar-refractivity contribution is -0.120. The van der Waals surface area contributed by atoms with Crippen molar-refractivity contribution in [1.29, 1.82) is 0 Å². The van der Waals surface area contributed by atoms with E-state index in [1.165, 1.54) is 12.5 Å². The van der Waals surface area contributed by atoms with E-state index in [-0.39, 0.29) is 18.9 Å². The third-order valence-electron chi connectivity index (χ3n) is 3.85. The second kappa shape index (κ2) is 7.62. The summed E-state index contributed by atoms with van der Waals surface area (Å²) in [6, 6.07) is 19.7. The number of aliphatic hydroxyl groups is 1. The van der Waals surface area contributed by atoms with Gasteiger partial charge >= 0.3 is 0 Å². The molecule has 0 aliphatic rings. The SMILES string of the molecule is O=C(Cc1ccc(-c2ccccc2)cc1)NC[C@@H](O)c1ccoc1. The third kappa shape index (κ3) is 4.12. The van der Waals surface area contributed by atoms with Gasteiger partial charge in [0.05, 0.1) is 25.1 Å². The first-order chi connectivity index (χ1) is 11.7. The van der Waals surface area contributed by atoms with Gasteiger partial charge in [-0.1, -0.05) is 54.6 Å². The molecule has 4 heteroatoms. The van der Waals surface area contributed by atoms with Gasteiger partial charge in [-0.15, -0.1) is 0 Å². The summed E-state index contributed by atoms with van der Waals surface area (Å²) in [5.74, 6) is -0.120. The van der Waals surface area contributed by atoms with Crippen molar-refractivity contribution in [2.24, 2.45) is 0 Å². The highest BCUT2D eigenvalue weighted by Crippen LogP contribution is 2.19. The zero-order valence-electron chi connectivity index (χ0n) is 13.2. The second-order valence-corrected chi connectivity index (χ2v) is 5.62. The van der Waals surface area contributed by atoms with Crippen LogP contribution >= 0.6 is 0 Å². The molecule has 0 spiro atoms. The molecule has 0 saturated carbocycles. The fraction of sp³-hybridized carbons (Fsp3) is 0.150. The van der Waals surface area contributed by atoms with E-state index < -0.39 is 6.10 Å². The predicted molar refractivity (Wildman–Crippen MR) is 92.3 cm³/mol. The van der Waals surface area contributed by atoms with Gasteiger partial charge in [0, 0.05) is 12.1 Å². The van der Waals surface area contributed by atoms with E-state index in [9.17, 15) is 9.90 Å². The monoisotopic (exact) mass is 321 g/mol. The fourth-order valence-corrected chi connectivity index (χ4v) is 2.49. The van der Waals surface area contributed by atoms with Gasteiger partial charge in [-0.05, 0) is 22.8 Å². The lowest BCUT2D eigenvalue weighted by atomic mass is 10.0. The van der Waals surface area contributed by atoms with Gasteiger partial charge in [0.1, 0.15) is 0 Å². The molecule has 2 N–H and O–H groups in total. The van der Waals surface area contributed by atoms with Crippen molar-refractivity contribution in [3.8, 4) is 11.1 Å². The highest BCUT2D eigenvalue weighted by atomic mass is 16.3. The van der Waals surface area contributed by atoms with Gasteiger partial charge in [0.2, 0.25) is 5.91 Å². The minimum absolute atomic E-state index is 0.120. The van der Waals surface area contributed by atoms with Crippen LogP contribution in [0.15, 0.2) is 77.6 Å². The smallest absolute Gasteiger partial charge is 0.224 e. The van der Waals surface area contributed by atoms with Gasteiger partial charge in [-0.2, -0.15) is 0 Å². The van der Waals surface area contributed by atoms with Gasteiger partial charge < -0.3 is 14.8 Å². The van der Waals surface area contributed by atoms with Crippen LogP contribution in [0.5, 0.6) is 0 Å². The molecule has 2 aromatic carbocycles. The Morgan fingerprint density at radius 2 is 1.71 bits per heavy atom. The van der Waals surface area contributed by atoms with Crippen LogP contribution in [0.4, 0.5) is 0 Å². The molecule has 0 aliphatic heterocycles. The first-order valence-electron chi connectivity index (χ1n) is 7.83. The summed E-state index contributed by atoms with van der Waals surface area (Å²) in [6.45, 7) is 0.167. The molecular formula is C20H19NO3. The molecule has 24 heavy (non-hydrogen) atoms. The van der Waals surface area contributed by atoms with Gasteiger partial charge in [0.15, 0.2) is 0 Å². The molecule has 0 bridgehead atoms. The van der Waals surface area contributed by atoms with E-state index in [1.807, 2.05) is 42.5 Å². The van der Waals surface area contributed by atoms with Crippen LogP contribution in [0.25, 0.3) is 11.1 Å². The summed E-state index contributed by atoms with van der Waals surface area (Å²) in [5.41, 5.74) is 3.86. The molecule has 122 valence electrons. The number of rotatable bonds is 6. The Kier molecular flexibility index (Phi) is 5.08. The molecule has 3 aromatic rings. The lowest BCUT2D eigenvalue weighted by Crippen LogP contribution is -2.29. The Labute approximate surface area is 140 Å². The zero-order valence-corrected chi connectivity index (χ0v) is 13.2. The number of nitrogens with one attached hydrogen (secondary N) is 1. The zero-order chi connectivity index (χ0) is 16.8. The lowest BCUT2D eigenvalue weighted by Gasteiger charge is -2.10. The maximum absolute atomic E-state index is 12.0. The third-order valence-corrected chi connectivity index (χ3v) is 3.85. The molecule has 0 saturated heterocycles. The quantitative estimate of drug-likeness (QED) is 0.732. The van der Waals surface area contributed by atoms with Crippen molar-refractivity contribution in [2.75, 3.05) is 6.54 Å². The minimum Gasteiger partial charge on any atom is -0.472 e. The topological polar surface area (TPSA) is 62.5 Å². The second-order valence-electron chi connectivity index (χ2n) is 5.62. The van der Waals surface area contributed by atoms with Crippen molar-refractivity contribution in [3.63, 3.8) is 0 Å². The number of hydrogen-bond acceptors (Lipinski definition) is 3. The highest BCUT2D eigenvalue weighted by Gasteiger charge is 2.11. The molecular weight excluding hydrogens is 302 g/mol. The average Bonchev–Trinajstić information content (AvgIpc) is 3.16. The first-order valence-corrected chi connectivity index (χ1v) is 7.83. The summed E-state index contributed by atoms with van der Waals surface area (Å²) in [6.07, 6.45) is 2.49. The van der Waals surface area contributed by atoms with Crippen molar-refractivity contribution in [1.82, 2.24) is 5.32 Å². The van der Waals surface area contributed by atoms with Gasteiger partial charge in [-0.25, -0.2) is 0 Å². The number of hydrogen-bond donors (Lipinski definition) is 2. The molecule has 1 aromatic heterocycles. The Hall–Kier alpha value is -2.85. The molecule has 1 heterocycles. The van der Waals surface area contributed by atoms with Crippen LogP contribution in [0, 0.1) is 0 Å². The molecule has 1 atom stereocenters. The normalized spacial score (nSPS) is 11.9. The number of furan rings is 1. The number of amides is 1. The molecule has 0 radical (unpaired) electrons. The number of carbonyl (C=O) groups is 1. The Balaban J connectivity index is 1.53. The Morgan fingerprint density at radius 3 is 2.38 bits per heavy atom. The van der Waals surface area contributed by atoms with Crippen LogP contribution < -0.4 is 5.32 Å². The molecule has 3 rings (SSSR count).